The molecular weight excluding hydrogens is 256 g/mol. The molecule has 1 nitrogen and oxygen atoms in total. The molecule has 0 heterocycles. The lowest BCUT2D eigenvalue weighted by atomic mass is 9.93. The molecule has 21 heavy (non-hydrogen) atoms. The van der Waals surface area contributed by atoms with E-state index >= 15 is 0 Å². The van der Waals surface area contributed by atoms with Crippen LogP contribution in [0.5, 0.6) is 0 Å². The summed E-state index contributed by atoms with van der Waals surface area (Å²) in [6.07, 6.45) is 13.6. The number of hydrogen-bond donors (Lipinski definition) is 1. The van der Waals surface area contributed by atoms with E-state index in [9.17, 15) is 5.11 Å². The minimum absolute atomic E-state index is 0.688. The second-order valence-electron chi connectivity index (χ2n) is 7.47. The van der Waals surface area contributed by atoms with Crippen molar-refractivity contribution >= 4 is 0 Å². The van der Waals surface area contributed by atoms with Crippen LogP contribution in [0, 0.1) is 11.8 Å². The van der Waals surface area contributed by atoms with Crippen LogP contribution in [0.1, 0.15) is 86.0 Å². The Morgan fingerprint density at radius 3 is 2.38 bits per heavy atom. The molecule has 0 aliphatic carbocycles. The third-order valence-electron chi connectivity index (χ3n) is 4.32. The number of hydrogen-bond acceptors (Lipinski definition) is 1. The van der Waals surface area contributed by atoms with Gasteiger partial charge in [-0.2, -0.15) is 0 Å². The molecule has 0 aromatic carbocycles. The van der Waals surface area contributed by atoms with E-state index in [-0.39, 0.29) is 0 Å². The monoisotopic (exact) mass is 294 g/mol. The summed E-state index contributed by atoms with van der Waals surface area (Å²) in [7, 11) is 0. The van der Waals surface area contributed by atoms with Crippen LogP contribution in [0.4, 0.5) is 0 Å². The maximum Gasteiger partial charge on any atom is 0.0797 e. The van der Waals surface area contributed by atoms with Gasteiger partial charge in [-0.1, -0.05) is 57.8 Å². The van der Waals surface area contributed by atoms with E-state index < -0.39 is 5.60 Å². The van der Waals surface area contributed by atoms with E-state index in [1.165, 1.54) is 38.5 Å². The Bertz CT molecular complexity index is 299. The van der Waals surface area contributed by atoms with Crippen molar-refractivity contribution in [3.8, 4) is 0 Å². The molecule has 1 heteroatoms. The molecule has 0 aliphatic heterocycles. The molecule has 0 saturated carbocycles. The van der Waals surface area contributed by atoms with Crippen LogP contribution in [-0.4, -0.2) is 10.7 Å². The van der Waals surface area contributed by atoms with Gasteiger partial charge in [0.2, 0.25) is 0 Å². The topological polar surface area (TPSA) is 20.2 Å². The molecule has 0 fully saturated rings. The molecule has 2 atom stereocenters. The molecule has 0 amide bonds. The number of aliphatic hydroxyl groups is 1. The summed E-state index contributed by atoms with van der Waals surface area (Å²) >= 11 is 0. The number of allylic oxidation sites excluding steroid dienone is 2. The first-order chi connectivity index (χ1) is 9.76. The van der Waals surface area contributed by atoms with Crippen LogP contribution in [0.3, 0.4) is 0 Å². The van der Waals surface area contributed by atoms with Crippen molar-refractivity contribution in [2.24, 2.45) is 11.8 Å². The van der Waals surface area contributed by atoms with Crippen molar-refractivity contribution in [2.75, 3.05) is 0 Å². The molecule has 0 aromatic heterocycles. The third-order valence-corrected chi connectivity index (χ3v) is 4.32. The maximum atomic E-state index is 9.88. The fourth-order valence-electron chi connectivity index (χ4n) is 2.56. The van der Waals surface area contributed by atoms with Crippen LogP contribution in [0.15, 0.2) is 24.3 Å². The largest absolute Gasteiger partial charge is 0.386 e. The van der Waals surface area contributed by atoms with Gasteiger partial charge in [-0.3, -0.25) is 0 Å². The highest BCUT2D eigenvalue weighted by molar-refractivity contribution is 4.97. The summed E-state index contributed by atoms with van der Waals surface area (Å²) in [4.78, 5) is 0. The van der Waals surface area contributed by atoms with Gasteiger partial charge in [-0.05, 0) is 57.8 Å². The van der Waals surface area contributed by atoms with E-state index in [1.54, 1.807) is 11.6 Å². The van der Waals surface area contributed by atoms with Gasteiger partial charge in [0.25, 0.3) is 0 Å². The Hall–Kier alpha value is -0.560. The predicted octanol–water partition coefficient (Wildman–Crippen LogP) is 6.28. The van der Waals surface area contributed by atoms with Crippen molar-refractivity contribution in [3.05, 3.63) is 24.3 Å². The van der Waals surface area contributed by atoms with Crippen LogP contribution >= 0.6 is 0 Å². The van der Waals surface area contributed by atoms with Gasteiger partial charge in [-0.25, -0.2) is 0 Å². The minimum atomic E-state index is -0.688. The fourth-order valence-corrected chi connectivity index (χ4v) is 2.56. The van der Waals surface area contributed by atoms with Gasteiger partial charge < -0.3 is 5.11 Å². The summed E-state index contributed by atoms with van der Waals surface area (Å²) in [6, 6.07) is 0. The van der Waals surface area contributed by atoms with Crippen molar-refractivity contribution in [3.63, 3.8) is 0 Å². The summed E-state index contributed by atoms with van der Waals surface area (Å²) in [5.41, 5.74) is 0.865. The molecular formula is C20H38O. The highest BCUT2D eigenvalue weighted by atomic mass is 16.3. The van der Waals surface area contributed by atoms with Gasteiger partial charge in [0.15, 0.2) is 0 Å². The smallest absolute Gasteiger partial charge is 0.0797 e. The quantitative estimate of drug-likeness (QED) is 0.420. The predicted molar refractivity (Wildman–Crippen MR) is 95.5 cm³/mol. The molecule has 0 radical (unpaired) electrons. The summed E-state index contributed by atoms with van der Waals surface area (Å²) in [5, 5.41) is 9.88. The minimum Gasteiger partial charge on any atom is -0.386 e. The highest BCUT2D eigenvalue weighted by Crippen LogP contribution is 2.20. The zero-order valence-electron chi connectivity index (χ0n) is 15.1. The molecule has 0 aromatic rings. The first-order valence-corrected chi connectivity index (χ1v) is 8.78. The summed E-state index contributed by atoms with van der Waals surface area (Å²) in [6.45, 7) is 14.7. The Balaban J connectivity index is 3.72. The molecule has 0 rings (SSSR count). The lowest BCUT2D eigenvalue weighted by molar-refractivity contribution is 0.0975. The van der Waals surface area contributed by atoms with E-state index in [1.807, 2.05) is 6.92 Å². The normalized spacial score (nSPS) is 16.8. The fraction of sp³-hybridized carbons (Fsp3) is 0.800. The van der Waals surface area contributed by atoms with Crippen LogP contribution in [0.2, 0.25) is 0 Å². The Morgan fingerprint density at radius 1 is 1.14 bits per heavy atom. The summed E-state index contributed by atoms with van der Waals surface area (Å²) < 4.78 is 0. The first kappa shape index (κ1) is 20.4. The molecule has 0 aliphatic rings. The van der Waals surface area contributed by atoms with Gasteiger partial charge >= 0.3 is 0 Å². The Labute approximate surface area is 133 Å². The molecule has 1 N–H and O–H groups in total. The summed E-state index contributed by atoms with van der Waals surface area (Å²) in [5.74, 6) is 1.57. The second-order valence-corrected chi connectivity index (χ2v) is 7.47. The molecule has 0 saturated heterocycles. The van der Waals surface area contributed by atoms with Crippen molar-refractivity contribution in [2.45, 2.75) is 91.6 Å². The molecule has 2 unspecified atom stereocenters. The molecule has 0 bridgehead atoms. The lowest BCUT2D eigenvalue weighted by Gasteiger charge is -2.19. The van der Waals surface area contributed by atoms with Crippen LogP contribution < -0.4 is 0 Å². The van der Waals surface area contributed by atoms with E-state index in [2.05, 4.69) is 40.3 Å². The number of rotatable bonds is 12. The van der Waals surface area contributed by atoms with Gasteiger partial charge in [0.1, 0.15) is 0 Å². The Morgan fingerprint density at radius 2 is 1.81 bits per heavy atom. The zero-order valence-corrected chi connectivity index (χ0v) is 15.1. The van der Waals surface area contributed by atoms with E-state index in [0.29, 0.717) is 0 Å². The maximum absolute atomic E-state index is 9.88. The van der Waals surface area contributed by atoms with Crippen molar-refractivity contribution < 1.29 is 5.11 Å². The van der Waals surface area contributed by atoms with E-state index in [0.717, 1.165) is 24.7 Å². The third kappa shape index (κ3) is 12.9. The molecule has 124 valence electrons. The van der Waals surface area contributed by atoms with Crippen LogP contribution in [-0.2, 0) is 0 Å². The van der Waals surface area contributed by atoms with E-state index in [4.69, 9.17) is 0 Å². The van der Waals surface area contributed by atoms with Gasteiger partial charge in [-0.15, -0.1) is 6.58 Å². The first-order valence-electron chi connectivity index (χ1n) is 8.78. The van der Waals surface area contributed by atoms with Crippen molar-refractivity contribution in [1.29, 1.82) is 0 Å². The standard InChI is InChI=1S/C20H38O/c1-7-20(6,21)16-10-15-19(5)14-9-13-18(4)12-8-11-17(2)3/h7,13,17,19,21H,1,8-12,14-16H2,2-6H3/b18-13+. The average molecular weight is 295 g/mol. The van der Waals surface area contributed by atoms with Gasteiger partial charge in [0, 0.05) is 0 Å². The van der Waals surface area contributed by atoms with Gasteiger partial charge in [0.05, 0.1) is 5.60 Å². The zero-order chi connectivity index (χ0) is 16.3. The highest BCUT2D eigenvalue weighted by Gasteiger charge is 2.14. The SMILES string of the molecule is C=CC(C)(O)CCCC(C)CC/C=C(\C)CCCC(C)C. The van der Waals surface area contributed by atoms with Crippen molar-refractivity contribution in [1.82, 2.24) is 0 Å². The molecule has 0 spiro atoms. The second kappa shape index (κ2) is 11.1. The average Bonchev–Trinajstić information content (AvgIpc) is 2.38. The lowest BCUT2D eigenvalue weighted by Crippen LogP contribution is -2.20. The Kier molecular flexibility index (Phi) is 10.8. The van der Waals surface area contributed by atoms with Crippen LogP contribution in [0.25, 0.3) is 0 Å².